The number of methoxy groups -OCH3 is 2. The van der Waals surface area contributed by atoms with E-state index < -0.39 is 16.0 Å². The Morgan fingerprint density at radius 2 is 1.89 bits per heavy atom. The minimum atomic E-state index is -4.10. The van der Waals surface area contributed by atoms with Crippen LogP contribution >= 0.6 is 0 Å². The van der Waals surface area contributed by atoms with Crippen molar-refractivity contribution in [1.29, 1.82) is 0 Å². The van der Waals surface area contributed by atoms with E-state index in [-0.39, 0.29) is 28.9 Å². The first kappa shape index (κ1) is 19.4. The van der Waals surface area contributed by atoms with Gasteiger partial charge in [0.15, 0.2) is 23.0 Å². The molecule has 2 aromatic carbocycles. The van der Waals surface area contributed by atoms with Crippen LogP contribution in [0.5, 0.6) is 23.0 Å². The second-order valence-corrected chi connectivity index (χ2v) is 7.25. The minimum Gasteiger partial charge on any atom is -0.493 e. The van der Waals surface area contributed by atoms with Crippen molar-refractivity contribution in [3.8, 4) is 23.0 Å². The second-order valence-electron chi connectivity index (χ2n) is 5.60. The topological polar surface area (TPSA) is 120 Å². The van der Waals surface area contributed by atoms with Crippen LogP contribution in [0.15, 0.2) is 41.3 Å². The fourth-order valence-corrected chi connectivity index (χ4v) is 3.85. The van der Waals surface area contributed by atoms with Crippen LogP contribution in [0, 0.1) is 0 Å². The van der Waals surface area contributed by atoms with Crippen molar-refractivity contribution in [3.63, 3.8) is 0 Å². The molecule has 0 aromatic heterocycles. The van der Waals surface area contributed by atoms with Crippen molar-refractivity contribution in [3.05, 3.63) is 42.0 Å². The first-order valence-corrected chi connectivity index (χ1v) is 9.42. The summed E-state index contributed by atoms with van der Waals surface area (Å²) in [6, 6.07) is 7.37. The zero-order chi connectivity index (χ0) is 20.3. The van der Waals surface area contributed by atoms with Crippen LogP contribution in [0.3, 0.4) is 0 Å². The van der Waals surface area contributed by atoms with Crippen molar-refractivity contribution in [2.24, 2.45) is 0 Å². The lowest BCUT2D eigenvalue weighted by Crippen LogP contribution is -2.15. The number of ether oxygens (including phenoxy) is 4. The van der Waals surface area contributed by atoms with Crippen molar-refractivity contribution >= 4 is 27.8 Å². The van der Waals surface area contributed by atoms with Crippen LogP contribution in [0.25, 0.3) is 6.08 Å². The number of carbonyl (C=O) groups is 1. The Labute approximate surface area is 161 Å². The van der Waals surface area contributed by atoms with Gasteiger partial charge in [-0.15, -0.1) is 0 Å². The molecule has 0 radical (unpaired) electrons. The predicted molar refractivity (Wildman–Crippen MR) is 99.6 cm³/mol. The van der Waals surface area contributed by atoms with Crippen LogP contribution in [0.1, 0.15) is 5.56 Å². The molecule has 0 bridgehead atoms. The minimum absolute atomic E-state index is 0.0109. The Bertz CT molecular complexity index is 1050. The number of carboxylic acids is 1. The van der Waals surface area contributed by atoms with E-state index in [0.29, 0.717) is 17.1 Å². The number of benzene rings is 2. The van der Waals surface area contributed by atoms with Gasteiger partial charge in [-0.1, -0.05) is 0 Å². The maximum absolute atomic E-state index is 13.0. The number of anilines is 1. The van der Waals surface area contributed by atoms with Gasteiger partial charge in [0.2, 0.25) is 6.79 Å². The van der Waals surface area contributed by atoms with Gasteiger partial charge in [-0.3, -0.25) is 4.72 Å². The molecule has 0 unspecified atom stereocenters. The molecule has 0 saturated carbocycles. The number of carboxylic acid groups (broad SMARTS) is 1. The maximum Gasteiger partial charge on any atom is 0.328 e. The summed E-state index contributed by atoms with van der Waals surface area (Å²) in [6.45, 7) is 0.0640. The molecule has 1 aliphatic rings. The van der Waals surface area contributed by atoms with E-state index in [0.717, 1.165) is 6.08 Å². The largest absolute Gasteiger partial charge is 0.493 e. The van der Waals surface area contributed by atoms with Gasteiger partial charge >= 0.3 is 5.97 Å². The van der Waals surface area contributed by atoms with Gasteiger partial charge in [0.1, 0.15) is 4.90 Å². The summed E-state index contributed by atoms with van der Waals surface area (Å²) in [4.78, 5) is 10.6. The lowest BCUT2D eigenvalue weighted by molar-refractivity contribution is -0.131. The average Bonchev–Trinajstić information content (AvgIpc) is 3.12. The molecule has 2 N–H and O–H groups in total. The Hall–Kier alpha value is -3.40. The number of sulfonamides is 1. The summed E-state index contributed by atoms with van der Waals surface area (Å²) in [6.07, 6.45) is 2.15. The SMILES string of the molecule is COc1cc(/C=C/C(=O)O)cc(S(=O)(=O)Nc2ccc3c(c2)OCO3)c1OC. The zero-order valence-electron chi connectivity index (χ0n) is 15.0. The van der Waals surface area contributed by atoms with E-state index in [9.17, 15) is 13.2 Å². The van der Waals surface area contributed by atoms with Gasteiger partial charge in [-0.2, -0.15) is 0 Å². The van der Waals surface area contributed by atoms with Crippen molar-refractivity contribution < 1.29 is 37.3 Å². The molecule has 0 aliphatic carbocycles. The van der Waals surface area contributed by atoms with Gasteiger partial charge in [-0.05, 0) is 35.9 Å². The molecule has 1 heterocycles. The third-order valence-corrected chi connectivity index (χ3v) is 5.19. The smallest absolute Gasteiger partial charge is 0.328 e. The summed E-state index contributed by atoms with van der Waals surface area (Å²) >= 11 is 0. The van der Waals surface area contributed by atoms with Gasteiger partial charge in [0.05, 0.1) is 19.9 Å². The number of aliphatic carboxylic acids is 1. The van der Waals surface area contributed by atoms with Gasteiger partial charge in [0, 0.05) is 12.1 Å². The number of nitrogens with one attached hydrogen (secondary N) is 1. The number of hydrogen-bond acceptors (Lipinski definition) is 7. The summed E-state index contributed by atoms with van der Waals surface area (Å²) < 4.78 is 49.3. The van der Waals surface area contributed by atoms with E-state index in [2.05, 4.69) is 4.72 Å². The zero-order valence-corrected chi connectivity index (χ0v) is 15.8. The quantitative estimate of drug-likeness (QED) is 0.671. The lowest BCUT2D eigenvalue weighted by atomic mass is 10.2. The highest BCUT2D eigenvalue weighted by Gasteiger charge is 2.25. The molecule has 148 valence electrons. The average molecular weight is 407 g/mol. The Morgan fingerprint density at radius 3 is 2.57 bits per heavy atom. The van der Waals surface area contributed by atoms with Gasteiger partial charge in [-0.25, -0.2) is 13.2 Å². The first-order chi connectivity index (χ1) is 13.3. The molecule has 0 atom stereocenters. The third kappa shape index (κ3) is 3.96. The standard InChI is InChI=1S/C18H17NO8S/c1-24-15-7-11(3-6-17(20)21)8-16(18(15)25-2)28(22,23)19-12-4-5-13-14(9-12)27-10-26-13/h3-9,19H,10H2,1-2H3,(H,20,21)/b6-3+. The molecular formula is C18H17NO8S. The molecule has 3 rings (SSSR count). The van der Waals surface area contributed by atoms with E-state index in [1.54, 1.807) is 6.07 Å². The molecule has 0 saturated heterocycles. The molecule has 10 heteroatoms. The Balaban J connectivity index is 2.03. The Kier molecular flexibility index (Phi) is 5.32. The van der Waals surface area contributed by atoms with E-state index >= 15 is 0 Å². The fraction of sp³-hybridized carbons (Fsp3) is 0.167. The lowest BCUT2D eigenvalue weighted by Gasteiger charge is -2.15. The highest BCUT2D eigenvalue weighted by Crippen LogP contribution is 2.38. The fourth-order valence-electron chi connectivity index (χ4n) is 2.58. The first-order valence-electron chi connectivity index (χ1n) is 7.93. The molecule has 9 nitrogen and oxygen atoms in total. The summed E-state index contributed by atoms with van der Waals surface area (Å²) in [7, 11) is -1.44. The summed E-state index contributed by atoms with van der Waals surface area (Å²) in [5.41, 5.74) is 0.572. The monoisotopic (exact) mass is 407 g/mol. The molecule has 1 aliphatic heterocycles. The number of rotatable bonds is 7. The predicted octanol–water partition coefficient (Wildman–Crippen LogP) is 2.33. The van der Waals surface area contributed by atoms with Crippen LogP contribution < -0.4 is 23.7 Å². The van der Waals surface area contributed by atoms with Crippen molar-refractivity contribution in [2.75, 3.05) is 25.7 Å². The molecule has 0 fully saturated rings. The van der Waals surface area contributed by atoms with Crippen LogP contribution in [0.4, 0.5) is 5.69 Å². The van der Waals surface area contributed by atoms with E-state index in [1.807, 2.05) is 0 Å². The molecule has 0 amide bonds. The highest BCUT2D eigenvalue weighted by atomic mass is 32.2. The van der Waals surface area contributed by atoms with Gasteiger partial charge < -0.3 is 24.1 Å². The van der Waals surface area contributed by atoms with Crippen molar-refractivity contribution in [1.82, 2.24) is 0 Å². The second kappa shape index (κ2) is 7.69. The molecule has 2 aromatic rings. The number of hydrogen-bond donors (Lipinski definition) is 2. The molecule has 28 heavy (non-hydrogen) atoms. The number of fused-ring (bicyclic) bond motifs is 1. The van der Waals surface area contributed by atoms with Crippen molar-refractivity contribution in [2.45, 2.75) is 4.90 Å². The maximum atomic E-state index is 13.0. The highest BCUT2D eigenvalue weighted by molar-refractivity contribution is 7.92. The van der Waals surface area contributed by atoms with E-state index in [4.69, 9.17) is 24.1 Å². The van der Waals surface area contributed by atoms with E-state index in [1.165, 1.54) is 44.6 Å². The summed E-state index contributed by atoms with van der Waals surface area (Å²) in [5.74, 6) is -0.104. The normalized spacial score (nSPS) is 12.8. The molecular weight excluding hydrogens is 390 g/mol. The summed E-state index contributed by atoms with van der Waals surface area (Å²) in [5, 5.41) is 8.81. The Morgan fingerprint density at radius 1 is 1.14 bits per heavy atom. The van der Waals surface area contributed by atoms with Gasteiger partial charge in [0.25, 0.3) is 10.0 Å². The van der Waals surface area contributed by atoms with Crippen LogP contribution in [-0.4, -0.2) is 40.5 Å². The van der Waals surface area contributed by atoms with Crippen LogP contribution in [0.2, 0.25) is 0 Å². The third-order valence-electron chi connectivity index (χ3n) is 3.80. The molecule has 0 spiro atoms. The van der Waals surface area contributed by atoms with Crippen LogP contribution in [-0.2, 0) is 14.8 Å².